The van der Waals surface area contributed by atoms with Crippen LogP contribution in [0.1, 0.15) is 35.6 Å². The molecule has 1 heterocycles. The van der Waals surface area contributed by atoms with Crippen molar-refractivity contribution >= 4 is 17.2 Å². The van der Waals surface area contributed by atoms with Crippen LogP contribution in [0.25, 0.3) is 11.3 Å². The quantitative estimate of drug-likeness (QED) is 0.924. The Morgan fingerprint density at radius 2 is 2.05 bits per heavy atom. The van der Waals surface area contributed by atoms with Crippen molar-refractivity contribution < 1.29 is 4.79 Å². The van der Waals surface area contributed by atoms with Gasteiger partial charge in [-0.15, -0.1) is 11.3 Å². The Morgan fingerprint density at radius 1 is 1.37 bits per heavy atom. The van der Waals surface area contributed by atoms with Crippen molar-refractivity contribution in [1.82, 2.24) is 10.3 Å². The number of hydrogen-bond acceptors (Lipinski definition) is 3. The summed E-state index contributed by atoms with van der Waals surface area (Å²) in [5.41, 5.74) is 2.71. The fourth-order valence-corrected chi connectivity index (χ4v) is 2.32. The van der Waals surface area contributed by atoms with Gasteiger partial charge in [-0.2, -0.15) is 0 Å². The highest BCUT2D eigenvalue weighted by atomic mass is 32.1. The summed E-state index contributed by atoms with van der Waals surface area (Å²) in [5, 5.41) is 6.04. The van der Waals surface area contributed by atoms with E-state index in [1.165, 1.54) is 0 Å². The van der Waals surface area contributed by atoms with Crippen LogP contribution in [0.15, 0.2) is 29.6 Å². The Balaban J connectivity index is 2.12. The molecule has 2 aromatic rings. The second-order valence-electron chi connectivity index (χ2n) is 4.61. The molecule has 1 aromatic carbocycles. The van der Waals surface area contributed by atoms with Gasteiger partial charge in [0.15, 0.2) is 0 Å². The minimum atomic E-state index is -0.0182. The molecule has 0 saturated heterocycles. The zero-order valence-electron chi connectivity index (χ0n) is 11.4. The van der Waals surface area contributed by atoms with Crippen molar-refractivity contribution in [1.29, 1.82) is 0 Å². The molecule has 4 heteroatoms. The van der Waals surface area contributed by atoms with E-state index in [2.05, 4.69) is 17.2 Å². The van der Waals surface area contributed by atoms with Gasteiger partial charge in [0.25, 0.3) is 5.91 Å². The summed E-state index contributed by atoms with van der Waals surface area (Å²) in [7, 11) is 0. The second-order valence-corrected chi connectivity index (χ2v) is 5.67. The van der Waals surface area contributed by atoms with E-state index < -0.39 is 0 Å². The first-order chi connectivity index (χ1) is 9.10. The predicted molar refractivity (Wildman–Crippen MR) is 79.5 cm³/mol. The van der Waals surface area contributed by atoms with Gasteiger partial charge in [-0.25, -0.2) is 4.98 Å². The van der Waals surface area contributed by atoms with E-state index in [1.807, 2.05) is 43.5 Å². The van der Waals surface area contributed by atoms with E-state index in [0.717, 1.165) is 22.7 Å². The van der Waals surface area contributed by atoms with Crippen molar-refractivity contribution in [3.05, 3.63) is 40.2 Å². The van der Waals surface area contributed by atoms with Gasteiger partial charge in [-0.1, -0.05) is 19.1 Å². The molecular formula is C15H18N2OS. The molecule has 0 spiro atoms. The first kappa shape index (κ1) is 13.7. The highest BCUT2D eigenvalue weighted by molar-refractivity contribution is 7.09. The minimum Gasteiger partial charge on any atom is -0.350 e. The van der Waals surface area contributed by atoms with Crippen LogP contribution in [0.3, 0.4) is 0 Å². The van der Waals surface area contributed by atoms with Gasteiger partial charge in [-0.3, -0.25) is 4.79 Å². The number of amides is 1. The molecule has 0 saturated carbocycles. The third-order valence-corrected chi connectivity index (χ3v) is 3.83. The highest BCUT2D eigenvalue weighted by Crippen LogP contribution is 2.21. The molecule has 0 fully saturated rings. The van der Waals surface area contributed by atoms with Crippen molar-refractivity contribution in [3.8, 4) is 11.3 Å². The fraction of sp³-hybridized carbons (Fsp3) is 0.333. The molecule has 0 aliphatic carbocycles. The van der Waals surface area contributed by atoms with E-state index in [4.69, 9.17) is 0 Å². The first-order valence-corrected chi connectivity index (χ1v) is 7.31. The molecule has 1 amide bonds. The van der Waals surface area contributed by atoms with Gasteiger partial charge >= 0.3 is 0 Å². The number of benzene rings is 1. The van der Waals surface area contributed by atoms with Crippen molar-refractivity contribution in [2.75, 3.05) is 0 Å². The Bertz CT molecular complexity index is 560. The number of nitrogens with zero attached hydrogens (tertiary/aromatic N) is 1. The third-order valence-electron chi connectivity index (χ3n) is 3.05. The number of aromatic nitrogens is 1. The topological polar surface area (TPSA) is 42.0 Å². The molecule has 1 aromatic heterocycles. The molecule has 1 N–H and O–H groups in total. The van der Waals surface area contributed by atoms with E-state index in [0.29, 0.717) is 5.56 Å². The molecule has 0 aliphatic rings. The van der Waals surface area contributed by atoms with Gasteiger partial charge in [-0.05, 0) is 32.4 Å². The molecule has 0 radical (unpaired) electrons. The maximum Gasteiger partial charge on any atom is 0.251 e. The molecule has 0 bridgehead atoms. The minimum absolute atomic E-state index is 0.0182. The van der Waals surface area contributed by atoms with Crippen LogP contribution in [0.5, 0.6) is 0 Å². The average molecular weight is 274 g/mol. The number of carbonyl (C=O) groups excluding carboxylic acids is 1. The monoisotopic (exact) mass is 274 g/mol. The number of rotatable bonds is 4. The Labute approximate surface area is 117 Å². The molecule has 19 heavy (non-hydrogen) atoms. The lowest BCUT2D eigenvalue weighted by molar-refractivity contribution is 0.0939. The second kappa shape index (κ2) is 5.97. The van der Waals surface area contributed by atoms with Gasteiger partial charge in [0, 0.05) is 22.5 Å². The average Bonchev–Trinajstić information content (AvgIpc) is 2.85. The molecule has 3 nitrogen and oxygen atoms in total. The summed E-state index contributed by atoms with van der Waals surface area (Å²) in [6, 6.07) is 7.79. The molecule has 1 atom stereocenters. The van der Waals surface area contributed by atoms with E-state index in [9.17, 15) is 4.79 Å². The smallest absolute Gasteiger partial charge is 0.251 e. The molecule has 0 unspecified atom stereocenters. The van der Waals surface area contributed by atoms with Crippen LogP contribution in [-0.2, 0) is 0 Å². The largest absolute Gasteiger partial charge is 0.350 e. The number of nitrogens with one attached hydrogen (secondary N) is 1. The summed E-state index contributed by atoms with van der Waals surface area (Å²) in [4.78, 5) is 16.4. The van der Waals surface area contributed by atoms with E-state index in [1.54, 1.807) is 11.3 Å². The van der Waals surface area contributed by atoms with Gasteiger partial charge in [0.1, 0.15) is 0 Å². The summed E-state index contributed by atoms with van der Waals surface area (Å²) in [6.07, 6.45) is 0.932. The van der Waals surface area contributed by atoms with Crippen molar-refractivity contribution in [2.45, 2.75) is 33.2 Å². The predicted octanol–water partition coefficient (Wildman–Crippen LogP) is 3.65. The van der Waals surface area contributed by atoms with Crippen LogP contribution in [0, 0.1) is 6.92 Å². The number of carbonyl (C=O) groups is 1. The summed E-state index contributed by atoms with van der Waals surface area (Å²) < 4.78 is 0. The van der Waals surface area contributed by atoms with Crippen LogP contribution in [0.2, 0.25) is 0 Å². The molecule has 2 rings (SSSR count). The lowest BCUT2D eigenvalue weighted by atomic mass is 10.1. The van der Waals surface area contributed by atoms with Crippen LogP contribution >= 0.6 is 11.3 Å². The third kappa shape index (κ3) is 3.41. The van der Waals surface area contributed by atoms with Crippen LogP contribution in [-0.4, -0.2) is 16.9 Å². The molecule has 100 valence electrons. The lowest BCUT2D eigenvalue weighted by Gasteiger charge is -2.11. The maximum absolute atomic E-state index is 11.9. The number of thiazole rings is 1. The SMILES string of the molecule is CC[C@H](C)NC(=O)c1ccc(-c2csc(C)n2)cc1. The van der Waals surface area contributed by atoms with Crippen LogP contribution < -0.4 is 5.32 Å². The molecule has 0 aliphatic heterocycles. The lowest BCUT2D eigenvalue weighted by Crippen LogP contribution is -2.31. The van der Waals surface area contributed by atoms with Gasteiger partial charge in [0.2, 0.25) is 0 Å². The highest BCUT2D eigenvalue weighted by Gasteiger charge is 2.09. The van der Waals surface area contributed by atoms with Crippen molar-refractivity contribution in [3.63, 3.8) is 0 Å². The van der Waals surface area contributed by atoms with Crippen molar-refractivity contribution in [2.24, 2.45) is 0 Å². The van der Waals surface area contributed by atoms with Gasteiger partial charge in [0.05, 0.1) is 10.7 Å². The summed E-state index contributed by atoms with van der Waals surface area (Å²) in [5.74, 6) is -0.0182. The van der Waals surface area contributed by atoms with E-state index >= 15 is 0 Å². The van der Waals surface area contributed by atoms with Crippen LogP contribution in [0.4, 0.5) is 0 Å². The molecular weight excluding hydrogens is 256 g/mol. The van der Waals surface area contributed by atoms with Gasteiger partial charge < -0.3 is 5.32 Å². The first-order valence-electron chi connectivity index (χ1n) is 6.43. The zero-order chi connectivity index (χ0) is 13.8. The zero-order valence-corrected chi connectivity index (χ0v) is 12.3. The Kier molecular flexibility index (Phi) is 4.32. The number of hydrogen-bond donors (Lipinski definition) is 1. The Morgan fingerprint density at radius 3 is 2.58 bits per heavy atom. The Hall–Kier alpha value is -1.68. The maximum atomic E-state index is 11.9. The number of aryl methyl sites for hydroxylation is 1. The van der Waals surface area contributed by atoms with E-state index in [-0.39, 0.29) is 11.9 Å². The summed E-state index contributed by atoms with van der Waals surface area (Å²) >= 11 is 1.63. The fourth-order valence-electron chi connectivity index (χ4n) is 1.70. The summed E-state index contributed by atoms with van der Waals surface area (Å²) in [6.45, 7) is 6.05. The normalized spacial score (nSPS) is 12.2. The standard InChI is InChI=1S/C15H18N2OS/c1-4-10(2)16-15(18)13-7-5-12(6-8-13)14-9-19-11(3)17-14/h5-10H,4H2,1-3H3,(H,16,18)/t10-/m0/s1.